The van der Waals surface area contributed by atoms with Gasteiger partial charge in [0.05, 0.1) is 26.2 Å². The van der Waals surface area contributed by atoms with Gasteiger partial charge in [-0.05, 0) is 42.5 Å². The number of phenols is 1. The summed E-state index contributed by atoms with van der Waals surface area (Å²) in [7, 11) is 3.15. The molecule has 0 atom stereocenters. The van der Waals surface area contributed by atoms with Gasteiger partial charge >= 0.3 is 0 Å². The molecule has 0 saturated carbocycles. The summed E-state index contributed by atoms with van der Waals surface area (Å²) in [5.74, 6) is 1.60. The first-order chi connectivity index (χ1) is 17.1. The van der Waals surface area contributed by atoms with Crippen LogP contribution in [0.3, 0.4) is 0 Å². The number of carbonyl (C=O) groups excluding carboxylic acids is 1. The Morgan fingerprint density at radius 1 is 1.03 bits per heavy atom. The minimum absolute atomic E-state index is 0.0645. The molecule has 178 valence electrons. The van der Waals surface area contributed by atoms with Gasteiger partial charge in [0.15, 0.2) is 22.5 Å². The lowest BCUT2D eigenvalue weighted by Gasteiger charge is -2.12. The van der Waals surface area contributed by atoms with Gasteiger partial charge in [0, 0.05) is 16.8 Å². The first-order valence-corrected chi connectivity index (χ1v) is 11.5. The molecule has 1 amide bonds. The molecule has 4 rings (SSSR count). The zero-order valence-electron chi connectivity index (χ0n) is 19.1. The smallest absolute Gasteiger partial charge is 0.250 e. The topological polar surface area (TPSA) is 111 Å². The van der Waals surface area contributed by atoms with Crippen molar-refractivity contribution in [3.63, 3.8) is 0 Å². The number of hydrazone groups is 1. The fraction of sp³-hybridized carbons (Fsp3) is 0.120. The zero-order chi connectivity index (χ0) is 24.6. The highest BCUT2D eigenvalue weighted by molar-refractivity contribution is 7.99. The average molecular weight is 490 g/mol. The van der Waals surface area contributed by atoms with Crippen molar-refractivity contribution in [1.29, 1.82) is 0 Å². The molecule has 0 unspecified atom stereocenters. The molecule has 0 aliphatic carbocycles. The van der Waals surface area contributed by atoms with Gasteiger partial charge in [-0.2, -0.15) is 5.10 Å². The Morgan fingerprint density at radius 2 is 1.77 bits per heavy atom. The zero-order valence-corrected chi connectivity index (χ0v) is 19.9. The highest BCUT2D eigenvalue weighted by Gasteiger charge is 2.18. The van der Waals surface area contributed by atoms with E-state index in [1.807, 2.05) is 47.0 Å². The summed E-state index contributed by atoms with van der Waals surface area (Å²) in [6, 6.07) is 21.9. The van der Waals surface area contributed by atoms with Gasteiger partial charge in [-0.3, -0.25) is 9.36 Å². The number of carbonyl (C=O) groups is 1. The largest absolute Gasteiger partial charge is 0.507 e. The molecule has 1 heterocycles. The van der Waals surface area contributed by atoms with Crippen LogP contribution in [-0.2, 0) is 4.79 Å². The van der Waals surface area contributed by atoms with E-state index in [1.165, 1.54) is 18.0 Å². The Labute approximate surface area is 206 Å². The molecule has 2 N–H and O–H groups in total. The van der Waals surface area contributed by atoms with Crippen molar-refractivity contribution in [1.82, 2.24) is 20.2 Å². The second-order valence-corrected chi connectivity index (χ2v) is 8.13. The van der Waals surface area contributed by atoms with E-state index in [1.54, 1.807) is 44.6 Å². The fourth-order valence-electron chi connectivity index (χ4n) is 3.27. The summed E-state index contributed by atoms with van der Waals surface area (Å²) < 4.78 is 12.7. The van der Waals surface area contributed by atoms with Crippen LogP contribution in [0.4, 0.5) is 0 Å². The molecule has 0 aliphatic rings. The normalized spacial score (nSPS) is 10.9. The monoisotopic (exact) mass is 489 g/mol. The summed E-state index contributed by atoms with van der Waals surface area (Å²) in [6.07, 6.45) is 1.39. The van der Waals surface area contributed by atoms with Crippen molar-refractivity contribution in [2.24, 2.45) is 5.10 Å². The van der Waals surface area contributed by atoms with E-state index < -0.39 is 0 Å². The summed E-state index contributed by atoms with van der Waals surface area (Å²) in [4.78, 5) is 12.4. The molecule has 35 heavy (non-hydrogen) atoms. The molecule has 1 aromatic heterocycles. The van der Waals surface area contributed by atoms with Crippen molar-refractivity contribution in [2.75, 3.05) is 20.0 Å². The summed E-state index contributed by atoms with van der Waals surface area (Å²) >= 11 is 1.23. The van der Waals surface area contributed by atoms with Crippen LogP contribution in [0.15, 0.2) is 83.1 Å². The van der Waals surface area contributed by atoms with E-state index in [9.17, 15) is 9.90 Å². The molecule has 0 fully saturated rings. The third-order valence-corrected chi connectivity index (χ3v) is 5.88. The molecule has 9 nitrogen and oxygen atoms in total. The number of amides is 1. The number of hydrogen-bond acceptors (Lipinski definition) is 8. The number of hydrogen-bond donors (Lipinski definition) is 2. The average Bonchev–Trinajstić information content (AvgIpc) is 3.32. The fourth-order valence-corrected chi connectivity index (χ4v) is 4.01. The van der Waals surface area contributed by atoms with Crippen LogP contribution < -0.4 is 14.9 Å². The SMILES string of the molecule is COc1ccc(-c2nnc(SCC(=O)N/N=C\c3ccccc3O)n2-c2ccccc2)cc1OC. The van der Waals surface area contributed by atoms with Crippen molar-refractivity contribution in [2.45, 2.75) is 5.16 Å². The Hall–Kier alpha value is -4.31. The minimum atomic E-state index is -0.322. The summed E-state index contributed by atoms with van der Waals surface area (Å²) in [6.45, 7) is 0. The highest BCUT2D eigenvalue weighted by Crippen LogP contribution is 2.34. The number of nitrogens with zero attached hydrogens (tertiary/aromatic N) is 4. The number of rotatable bonds is 9. The van der Waals surface area contributed by atoms with Crippen LogP contribution >= 0.6 is 11.8 Å². The van der Waals surface area contributed by atoms with Crippen LogP contribution in [0, 0.1) is 0 Å². The predicted octanol–water partition coefficient (Wildman–Crippen LogP) is 3.90. The Morgan fingerprint density at radius 3 is 2.51 bits per heavy atom. The van der Waals surface area contributed by atoms with Crippen molar-refractivity contribution in [3.05, 3.63) is 78.4 Å². The number of thioether (sulfide) groups is 1. The summed E-state index contributed by atoms with van der Waals surface area (Å²) in [5, 5.41) is 23.0. The lowest BCUT2D eigenvalue weighted by molar-refractivity contribution is -0.118. The molecule has 0 aliphatic heterocycles. The molecule has 0 spiro atoms. The van der Waals surface area contributed by atoms with E-state index in [4.69, 9.17) is 9.47 Å². The molecule has 0 saturated heterocycles. The quantitative estimate of drug-likeness (QED) is 0.208. The predicted molar refractivity (Wildman–Crippen MR) is 134 cm³/mol. The van der Waals surface area contributed by atoms with Crippen LogP contribution in [0.25, 0.3) is 17.1 Å². The Kier molecular flexibility index (Phi) is 7.63. The maximum atomic E-state index is 12.4. The molecule has 3 aromatic carbocycles. The van der Waals surface area contributed by atoms with E-state index >= 15 is 0 Å². The van der Waals surface area contributed by atoms with E-state index in [2.05, 4.69) is 20.7 Å². The Bertz CT molecular complexity index is 1340. The van der Waals surface area contributed by atoms with Crippen LogP contribution in [0.2, 0.25) is 0 Å². The number of para-hydroxylation sites is 2. The van der Waals surface area contributed by atoms with Crippen LogP contribution in [0.5, 0.6) is 17.2 Å². The molecular formula is C25H23N5O4S. The van der Waals surface area contributed by atoms with E-state index in [0.29, 0.717) is 28.0 Å². The third kappa shape index (κ3) is 5.61. The maximum Gasteiger partial charge on any atom is 0.250 e. The van der Waals surface area contributed by atoms with Crippen LogP contribution in [-0.4, -0.2) is 52.0 Å². The lowest BCUT2D eigenvalue weighted by Crippen LogP contribution is -2.20. The molecular weight excluding hydrogens is 466 g/mol. The molecule has 4 aromatic rings. The summed E-state index contributed by atoms with van der Waals surface area (Å²) in [5.41, 5.74) is 4.60. The van der Waals surface area contributed by atoms with Crippen molar-refractivity contribution in [3.8, 4) is 34.3 Å². The van der Waals surface area contributed by atoms with Crippen LogP contribution in [0.1, 0.15) is 5.56 Å². The number of aromatic nitrogens is 3. The first-order valence-electron chi connectivity index (χ1n) is 10.6. The maximum absolute atomic E-state index is 12.4. The second kappa shape index (κ2) is 11.2. The standard InChI is InChI=1S/C25H23N5O4S/c1-33-21-13-12-17(14-22(21)34-2)24-28-29-25(30(24)19-9-4-3-5-10-19)35-16-23(32)27-26-15-18-8-6-7-11-20(18)31/h3-15,31H,16H2,1-2H3,(H,27,32)/b26-15-. The molecule has 0 radical (unpaired) electrons. The van der Waals surface area contributed by atoms with Crippen molar-refractivity contribution < 1.29 is 19.4 Å². The molecule has 0 bridgehead atoms. The van der Waals surface area contributed by atoms with E-state index in [0.717, 1.165) is 11.3 Å². The number of nitrogens with one attached hydrogen (secondary N) is 1. The van der Waals surface area contributed by atoms with Gasteiger partial charge in [0.2, 0.25) is 0 Å². The third-order valence-electron chi connectivity index (χ3n) is 4.95. The minimum Gasteiger partial charge on any atom is -0.507 e. The number of aromatic hydroxyl groups is 1. The number of methoxy groups -OCH3 is 2. The van der Waals surface area contributed by atoms with Gasteiger partial charge in [0.1, 0.15) is 5.75 Å². The van der Waals surface area contributed by atoms with Crippen molar-refractivity contribution >= 4 is 23.9 Å². The van der Waals surface area contributed by atoms with Gasteiger partial charge in [0.25, 0.3) is 5.91 Å². The van der Waals surface area contributed by atoms with Gasteiger partial charge in [-0.15, -0.1) is 10.2 Å². The highest BCUT2D eigenvalue weighted by atomic mass is 32.2. The van der Waals surface area contributed by atoms with Gasteiger partial charge < -0.3 is 14.6 Å². The molecule has 10 heteroatoms. The van der Waals surface area contributed by atoms with Gasteiger partial charge in [-0.25, -0.2) is 5.43 Å². The number of benzene rings is 3. The number of ether oxygens (including phenoxy) is 2. The first kappa shape index (κ1) is 23.8. The number of phenolic OH excluding ortho intramolecular Hbond substituents is 1. The second-order valence-electron chi connectivity index (χ2n) is 7.19. The Balaban J connectivity index is 1.55. The van der Waals surface area contributed by atoms with Gasteiger partial charge in [-0.1, -0.05) is 42.1 Å². The lowest BCUT2D eigenvalue weighted by atomic mass is 10.2. The van der Waals surface area contributed by atoms with E-state index in [-0.39, 0.29) is 17.4 Å².